The minimum atomic E-state index is -0.416. The highest BCUT2D eigenvalue weighted by molar-refractivity contribution is 5.89. The van der Waals surface area contributed by atoms with Gasteiger partial charge in [-0.3, -0.25) is 9.59 Å². The zero-order chi connectivity index (χ0) is 18.9. The smallest absolute Gasteiger partial charge is 0.337 e. The molecule has 0 heterocycles. The van der Waals surface area contributed by atoms with Gasteiger partial charge in [0.1, 0.15) is 6.29 Å². The van der Waals surface area contributed by atoms with Crippen LogP contribution in [0.5, 0.6) is 11.5 Å². The van der Waals surface area contributed by atoms with Crippen LogP contribution in [0.2, 0.25) is 0 Å². The highest BCUT2D eigenvalue weighted by atomic mass is 16.5. The van der Waals surface area contributed by atoms with Gasteiger partial charge >= 0.3 is 5.97 Å². The van der Waals surface area contributed by atoms with Gasteiger partial charge in [-0.15, -0.1) is 0 Å². The lowest BCUT2D eigenvalue weighted by atomic mass is 10.1. The first kappa shape index (κ1) is 19.0. The second-order valence-electron chi connectivity index (χ2n) is 5.28. The minimum absolute atomic E-state index is 0.223. The maximum atomic E-state index is 11.9. The molecule has 0 aromatic heterocycles. The summed E-state index contributed by atoms with van der Waals surface area (Å²) in [6.07, 6.45) is 0.685. The van der Waals surface area contributed by atoms with Gasteiger partial charge in [0.2, 0.25) is 0 Å². The summed E-state index contributed by atoms with van der Waals surface area (Å²) in [6, 6.07) is 11.4. The van der Waals surface area contributed by atoms with Crippen LogP contribution in [0.15, 0.2) is 42.5 Å². The number of carbonyl (C=O) groups is 3. The Hall–Kier alpha value is -3.35. The Morgan fingerprint density at radius 2 is 1.77 bits per heavy atom. The predicted molar refractivity (Wildman–Crippen MR) is 93.5 cm³/mol. The molecule has 26 heavy (non-hydrogen) atoms. The van der Waals surface area contributed by atoms with Crippen molar-refractivity contribution >= 4 is 18.2 Å². The molecule has 7 nitrogen and oxygen atoms in total. The lowest BCUT2D eigenvalue weighted by Gasteiger charge is -2.11. The third-order valence-electron chi connectivity index (χ3n) is 3.55. The molecule has 0 unspecified atom stereocenters. The number of rotatable bonds is 8. The Morgan fingerprint density at radius 3 is 2.38 bits per heavy atom. The topological polar surface area (TPSA) is 90.9 Å². The first-order valence-electron chi connectivity index (χ1n) is 7.77. The van der Waals surface area contributed by atoms with Crippen LogP contribution in [-0.4, -0.2) is 39.0 Å². The van der Waals surface area contributed by atoms with Crippen LogP contribution in [0.3, 0.4) is 0 Å². The summed E-state index contributed by atoms with van der Waals surface area (Å²) in [7, 11) is 2.79. The fraction of sp³-hybridized carbons (Fsp3) is 0.211. The van der Waals surface area contributed by atoms with E-state index in [1.54, 1.807) is 36.4 Å². The molecule has 0 atom stereocenters. The zero-order valence-corrected chi connectivity index (χ0v) is 14.5. The Balaban J connectivity index is 1.87. The monoisotopic (exact) mass is 357 g/mol. The van der Waals surface area contributed by atoms with E-state index in [2.05, 4.69) is 10.1 Å². The van der Waals surface area contributed by atoms with Crippen LogP contribution in [-0.2, 0) is 16.1 Å². The summed E-state index contributed by atoms with van der Waals surface area (Å²) in [4.78, 5) is 34.1. The zero-order valence-electron chi connectivity index (χ0n) is 14.5. The van der Waals surface area contributed by atoms with E-state index in [-0.39, 0.29) is 19.1 Å². The molecule has 0 aliphatic heterocycles. The highest BCUT2D eigenvalue weighted by Crippen LogP contribution is 2.27. The van der Waals surface area contributed by atoms with E-state index in [1.165, 1.54) is 20.3 Å². The molecule has 0 aliphatic rings. The molecule has 2 rings (SSSR count). The molecule has 2 aromatic carbocycles. The van der Waals surface area contributed by atoms with Gasteiger partial charge in [0.05, 0.1) is 19.8 Å². The normalized spacial score (nSPS) is 9.92. The maximum Gasteiger partial charge on any atom is 0.337 e. The lowest BCUT2D eigenvalue weighted by Crippen LogP contribution is -2.28. The maximum absolute atomic E-state index is 11.9. The number of methoxy groups -OCH3 is 2. The van der Waals surface area contributed by atoms with Crippen molar-refractivity contribution in [3.63, 3.8) is 0 Å². The van der Waals surface area contributed by atoms with Crippen LogP contribution >= 0.6 is 0 Å². The fourth-order valence-electron chi connectivity index (χ4n) is 2.15. The van der Waals surface area contributed by atoms with Gasteiger partial charge in [-0.2, -0.15) is 0 Å². The van der Waals surface area contributed by atoms with Crippen LogP contribution < -0.4 is 14.8 Å². The van der Waals surface area contributed by atoms with Crippen LogP contribution in [0.4, 0.5) is 0 Å². The largest absolute Gasteiger partial charge is 0.493 e. The van der Waals surface area contributed by atoms with E-state index in [9.17, 15) is 14.4 Å². The van der Waals surface area contributed by atoms with Crippen molar-refractivity contribution in [2.75, 3.05) is 20.8 Å². The number of nitrogens with one attached hydrogen (secondary N) is 1. The summed E-state index contributed by atoms with van der Waals surface area (Å²) in [5.41, 5.74) is 1.69. The summed E-state index contributed by atoms with van der Waals surface area (Å²) >= 11 is 0. The summed E-state index contributed by atoms with van der Waals surface area (Å²) < 4.78 is 15.2. The molecule has 0 saturated heterocycles. The Bertz CT molecular complexity index is 785. The first-order chi connectivity index (χ1) is 12.6. The lowest BCUT2D eigenvalue weighted by molar-refractivity contribution is -0.123. The van der Waals surface area contributed by atoms with Crippen molar-refractivity contribution in [3.05, 3.63) is 59.2 Å². The second kappa shape index (κ2) is 9.22. The number of hydrogen-bond donors (Lipinski definition) is 1. The molecule has 0 saturated carbocycles. The Kier molecular flexibility index (Phi) is 6.73. The number of ether oxygens (including phenoxy) is 3. The fourth-order valence-corrected chi connectivity index (χ4v) is 2.15. The third-order valence-corrected chi connectivity index (χ3v) is 3.55. The average Bonchev–Trinajstić information content (AvgIpc) is 2.70. The van der Waals surface area contributed by atoms with Gasteiger partial charge in [0.15, 0.2) is 18.1 Å². The highest BCUT2D eigenvalue weighted by Gasteiger charge is 2.09. The van der Waals surface area contributed by atoms with E-state index in [0.29, 0.717) is 28.9 Å². The summed E-state index contributed by atoms with van der Waals surface area (Å²) in [5, 5.41) is 2.71. The molecule has 0 radical (unpaired) electrons. The van der Waals surface area contributed by atoms with Crippen molar-refractivity contribution in [3.8, 4) is 11.5 Å². The Labute approximate surface area is 150 Å². The molecular weight excluding hydrogens is 338 g/mol. The van der Waals surface area contributed by atoms with Gasteiger partial charge < -0.3 is 19.5 Å². The van der Waals surface area contributed by atoms with E-state index in [0.717, 1.165) is 5.56 Å². The molecule has 0 fully saturated rings. The molecule has 1 amide bonds. The first-order valence-corrected chi connectivity index (χ1v) is 7.77. The van der Waals surface area contributed by atoms with Crippen LogP contribution in [0, 0.1) is 0 Å². The number of benzene rings is 2. The van der Waals surface area contributed by atoms with E-state index in [1.807, 2.05) is 0 Å². The molecule has 7 heteroatoms. The van der Waals surface area contributed by atoms with E-state index in [4.69, 9.17) is 9.47 Å². The van der Waals surface area contributed by atoms with Gasteiger partial charge in [0.25, 0.3) is 5.91 Å². The molecule has 2 aromatic rings. The predicted octanol–water partition coefficient (Wildman–Crippen LogP) is 1.99. The molecular formula is C19H19NO6. The van der Waals surface area contributed by atoms with Crippen molar-refractivity contribution < 1.29 is 28.6 Å². The second-order valence-corrected chi connectivity index (χ2v) is 5.28. The molecule has 136 valence electrons. The number of amides is 1. The standard InChI is InChI=1S/C19H19NO6/c1-24-16-8-5-14(11-21)9-17(16)26-12-18(22)20-10-13-3-6-15(7-4-13)19(23)25-2/h3-9,11H,10,12H2,1-2H3,(H,20,22). The van der Waals surface area contributed by atoms with E-state index >= 15 is 0 Å². The number of aldehydes is 1. The number of carbonyl (C=O) groups excluding carboxylic acids is 3. The van der Waals surface area contributed by atoms with Gasteiger partial charge in [0, 0.05) is 12.1 Å². The van der Waals surface area contributed by atoms with E-state index < -0.39 is 5.97 Å². The number of esters is 1. The third kappa shape index (κ3) is 5.07. The van der Waals surface area contributed by atoms with Crippen molar-refractivity contribution in [2.24, 2.45) is 0 Å². The Morgan fingerprint density at radius 1 is 1.04 bits per heavy atom. The van der Waals surface area contributed by atoms with Gasteiger partial charge in [-0.1, -0.05) is 12.1 Å². The van der Waals surface area contributed by atoms with Crippen molar-refractivity contribution in [2.45, 2.75) is 6.54 Å². The molecule has 0 spiro atoms. The molecule has 1 N–H and O–H groups in total. The van der Waals surface area contributed by atoms with Crippen molar-refractivity contribution in [1.82, 2.24) is 5.32 Å². The average molecular weight is 357 g/mol. The SMILES string of the molecule is COC(=O)c1ccc(CNC(=O)COc2cc(C=O)ccc2OC)cc1. The molecule has 0 bridgehead atoms. The van der Waals surface area contributed by atoms with Gasteiger partial charge in [-0.05, 0) is 35.9 Å². The molecule has 0 aliphatic carbocycles. The minimum Gasteiger partial charge on any atom is -0.493 e. The number of hydrogen-bond acceptors (Lipinski definition) is 6. The van der Waals surface area contributed by atoms with Crippen LogP contribution in [0.1, 0.15) is 26.3 Å². The summed E-state index contributed by atoms with van der Waals surface area (Å²) in [6.45, 7) is 0.0636. The van der Waals surface area contributed by atoms with Crippen molar-refractivity contribution in [1.29, 1.82) is 0 Å². The van der Waals surface area contributed by atoms with Gasteiger partial charge in [-0.25, -0.2) is 4.79 Å². The summed E-state index contributed by atoms with van der Waals surface area (Å²) in [5.74, 6) is -0.00225. The van der Waals surface area contributed by atoms with Crippen LogP contribution in [0.25, 0.3) is 0 Å². The quantitative estimate of drug-likeness (QED) is 0.574.